The Labute approximate surface area is 196 Å². The summed E-state index contributed by atoms with van der Waals surface area (Å²) in [5.74, 6) is -0.127. The predicted molar refractivity (Wildman–Crippen MR) is 119 cm³/mol. The first-order valence-electron chi connectivity index (χ1n) is 9.72. The predicted octanol–water partition coefficient (Wildman–Crippen LogP) is 5.72. The molecule has 11 heteroatoms. The molecule has 0 aliphatic heterocycles. The lowest BCUT2D eigenvalue weighted by molar-refractivity contribution is -0.137. The molecule has 0 fully saturated rings. The average molecular weight is 492 g/mol. The van der Waals surface area contributed by atoms with Crippen molar-refractivity contribution >= 4 is 29.1 Å². The van der Waals surface area contributed by atoms with Gasteiger partial charge in [-0.15, -0.1) is 5.10 Å². The second-order valence-electron chi connectivity index (χ2n) is 7.20. The van der Waals surface area contributed by atoms with Crippen LogP contribution in [0.2, 0.25) is 5.02 Å². The van der Waals surface area contributed by atoms with Crippen LogP contribution in [-0.4, -0.2) is 36.3 Å². The van der Waals surface area contributed by atoms with Crippen molar-refractivity contribution in [1.82, 2.24) is 24.8 Å². The molecule has 2 aromatic heterocycles. The molecule has 0 radical (unpaired) electrons. The van der Waals surface area contributed by atoms with E-state index in [0.717, 1.165) is 11.8 Å². The zero-order valence-corrected chi connectivity index (χ0v) is 19.0. The van der Waals surface area contributed by atoms with E-state index >= 15 is 0 Å². The Bertz CT molecular complexity index is 1320. The summed E-state index contributed by atoms with van der Waals surface area (Å²) in [6, 6.07) is 14.6. The van der Waals surface area contributed by atoms with Crippen LogP contribution in [0.1, 0.15) is 27.3 Å². The average Bonchev–Trinajstić information content (AvgIpc) is 3.36. The van der Waals surface area contributed by atoms with Gasteiger partial charge in [0.25, 0.3) is 0 Å². The third-order valence-corrected chi connectivity index (χ3v) is 6.27. The van der Waals surface area contributed by atoms with Crippen molar-refractivity contribution < 1.29 is 18.0 Å². The molecule has 170 valence electrons. The van der Waals surface area contributed by atoms with Gasteiger partial charge in [-0.1, -0.05) is 41.6 Å². The molecule has 33 heavy (non-hydrogen) atoms. The molecule has 0 saturated heterocycles. The highest BCUT2D eigenvalue weighted by Gasteiger charge is 2.33. The Morgan fingerprint density at radius 3 is 2.48 bits per heavy atom. The van der Waals surface area contributed by atoms with Crippen molar-refractivity contribution in [3.05, 3.63) is 82.1 Å². The molecular formula is C22H17ClF3N5OS. The van der Waals surface area contributed by atoms with Crippen molar-refractivity contribution in [2.45, 2.75) is 25.2 Å². The highest BCUT2D eigenvalue weighted by Crippen LogP contribution is 2.36. The number of aromatic nitrogens is 5. The molecule has 0 saturated carbocycles. The maximum Gasteiger partial charge on any atom is 0.417 e. The number of rotatable bonds is 6. The van der Waals surface area contributed by atoms with Crippen LogP contribution in [0.3, 0.4) is 0 Å². The third-order valence-electron chi connectivity index (χ3n) is 5.02. The van der Waals surface area contributed by atoms with Gasteiger partial charge in [0.1, 0.15) is 0 Å². The molecule has 0 unspecified atom stereocenters. The molecule has 0 N–H and O–H groups in total. The quantitative estimate of drug-likeness (QED) is 0.255. The van der Waals surface area contributed by atoms with Crippen LogP contribution in [0.25, 0.3) is 11.4 Å². The lowest BCUT2D eigenvalue weighted by atomic mass is 10.1. The summed E-state index contributed by atoms with van der Waals surface area (Å²) >= 11 is 6.93. The highest BCUT2D eigenvalue weighted by atomic mass is 35.5. The van der Waals surface area contributed by atoms with E-state index in [1.54, 1.807) is 24.5 Å². The summed E-state index contributed by atoms with van der Waals surface area (Å²) in [5.41, 5.74) is 1.70. The van der Waals surface area contributed by atoms with Crippen LogP contribution in [-0.2, 0) is 6.18 Å². The summed E-state index contributed by atoms with van der Waals surface area (Å²) in [4.78, 5) is 13.0. The molecule has 2 heterocycles. The Morgan fingerprint density at radius 1 is 1.06 bits per heavy atom. The molecule has 4 aromatic rings. The van der Waals surface area contributed by atoms with Gasteiger partial charge in [-0.3, -0.25) is 4.79 Å². The lowest BCUT2D eigenvalue weighted by Crippen LogP contribution is -2.09. The fraction of sp³-hybridized carbons (Fsp3) is 0.182. The number of aryl methyl sites for hydroxylation is 1. The summed E-state index contributed by atoms with van der Waals surface area (Å²) < 4.78 is 43.0. The van der Waals surface area contributed by atoms with E-state index in [1.165, 1.54) is 28.6 Å². The van der Waals surface area contributed by atoms with Crippen LogP contribution in [0, 0.1) is 13.8 Å². The van der Waals surface area contributed by atoms with E-state index in [1.807, 2.05) is 30.3 Å². The topological polar surface area (TPSA) is 65.6 Å². The zero-order valence-electron chi connectivity index (χ0n) is 17.5. The number of hydrogen-bond acceptors (Lipinski definition) is 5. The van der Waals surface area contributed by atoms with Gasteiger partial charge in [-0.05, 0) is 60.7 Å². The zero-order chi connectivity index (χ0) is 23.8. The number of alkyl halides is 3. The van der Waals surface area contributed by atoms with Crippen LogP contribution >= 0.6 is 23.4 Å². The first kappa shape index (κ1) is 23.1. The van der Waals surface area contributed by atoms with Crippen molar-refractivity contribution in [3.63, 3.8) is 0 Å². The number of ketones is 1. The van der Waals surface area contributed by atoms with Gasteiger partial charge in [0.15, 0.2) is 5.78 Å². The van der Waals surface area contributed by atoms with Crippen molar-refractivity contribution in [1.29, 1.82) is 0 Å². The van der Waals surface area contributed by atoms with Gasteiger partial charge >= 0.3 is 6.18 Å². The first-order valence-corrected chi connectivity index (χ1v) is 11.1. The number of nitrogens with zero attached hydrogens (tertiary/aromatic N) is 5. The van der Waals surface area contributed by atoms with Crippen LogP contribution < -0.4 is 0 Å². The highest BCUT2D eigenvalue weighted by molar-refractivity contribution is 7.99. The second-order valence-corrected chi connectivity index (χ2v) is 8.55. The maximum atomic E-state index is 13.3. The van der Waals surface area contributed by atoms with E-state index in [0.29, 0.717) is 22.1 Å². The SMILES string of the molecule is Cc1cc(C(=O)CSc2nnnn2-c2ccccc2)c(C)n1-c1ccc(Cl)c(C(F)(F)F)c1. The van der Waals surface area contributed by atoms with Gasteiger partial charge in [0.05, 0.1) is 22.0 Å². The van der Waals surface area contributed by atoms with E-state index in [-0.39, 0.29) is 22.2 Å². The smallest absolute Gasteiger partial charge is 0.318 e. The number of benzene rings is 2. The molecule has 0 bridgehead atoms. The Morgan fingerprint density at radius 2 is 1.79 bits per heavy atom. The second kappa shape index (κ2) is 9.03. The van der Waals surface area contributed by atoms with Crippen LogP contribution in [0.5, 0.6) is 0 Å². The summed E-state index contributed by atoms with van der Waals surface area (Å²) in [7, 11) is 0. The van der Waals surface area contributed by atoms with Gasteiger partial charge < -0.3 is 4.57 Å². The molecule has 0 aliphatic rings. The number of Topliss-reactive ketones (excluding diaryl/α,β-unsaturated/α-hetero) is 1. The van der Waals surface area contributed by atoms with Gasteiger partial charge in [0, 0.05) is 22.6 Å². The summed E-state index contributed by atoms with van der Waals surface area (Å²) in [6.07, 6.45) is -4.58. The number of thioether (sulfide) groups is 1. The normalized spacial score (nSPS) is 11.7. The van der Waals surface area contributed by atoms with Crippen molar-refractivity contribution in [3.8, 4) is 11.4 Å². The Balaban J connectivity index is 1.58. The number of tetrazole rings is 1. The molecule has 0 amide bonds. The minimum absolute atomic E-state index is 0.0614. The summed E-state index contributed by atoms with van der Waals surface area (Å²) in [6.45, 7) is 3.43. The molecule has 6 nitrogen and oxygen atoms in total. The fourth-order valence-electron chi connectivity index (χ4n) is 3.52. The number of para-hydroxylation sites is 1. The Hall–Kier alpha value is -3.11. The molecule has 0 spiro atoms. The largest absolute Gasteiger partial charge is 0.417 e. The number of halogens is 4. The minimum atomic E-state index is -4.58. The van der Waals surface area contributed by atoms with Crippen molar-refractivity contribution in [2.75, 3.05) is 5.75 Å². The summed E-state index contributed by atoms with van der Waals surface area (Å²) in [5, 5.41) is 11.7. The molecule has 0 atom stereocenters. The molecule has 0 aliphatic carbocycles. The third kappa shape index (κ3) is 4.67. The monoisotopic (exact) mass is 491 g/mol. The van der Waals surface area contributed by atoms with Crippen molar-refractivity contribution in [2.24, 2.45) is 0 Å². The molecular weight excluding hydrogens is 475 g/mol. The number of hydrogen-bond donors (Lipinski definition) is 0. The Kier molecular flexibility index (Phi) is 6.31. The van der Waals surface area contributed by atoms with Crippen LogP contribution in [0.15, 0.2) is 59.8 Å². The maximum absolute atomic E-state index is 13.3. The number of carbonyl (C=O) groups excluding carboxylic acids is 1. The first-order chi connectivity index (χ1) is 15.7. The molecule has 4 rings (SSSR count). The van der Waals surface area contributed by atoms with Gasteiger partial charge in [-0.2, -0.15) is 17.9 Å². The standard InChI is InChI=1S/C22H17ClF3N5OS/c1-13-10-17(14(2)30(13)16-8-9-19(23)18(11-16)22(24,25)26)20(32)12-33-21-27-28-29-31(21)15-6-4-3-5-7-15/h3-11H,12H2,1-2H3. The minimum Gasteiger partial charge on any atom is -0.318 e. The number of carbonyl (C=O) groups is 1. The van der Waals surface area contributed by atoms with Gasteiger partial charge in [-0.25, -0.2) is 0 Å². The van der Waals surface area contributed by atoms with E-state index in [2.05, 4.69) is 15.5 Å². The van der Waals surface area contributed by atoms with E-state index < -0.39 is 11.7 Å². The van der Waals surface area contributed by atoms with Gasteiger partial charge in [0.2, 0.25) is 5.16 Å². The van der Waals surface area contributed by atoms with E-state index in [9.17, 15) is 18.0 Å². The van der Waals surface area contributed by atoms with E-state index in [4.69, 9.17) is 11.6 Å². The molecule has 2 aromatic carbocycles. The lowest BCUT2D eigenvalue weighted by Gasteiger charge is -2.14. The van der Waals surface area contributed by atoms with Crippen LogP contribution in [0.4, 0.5) is 13.2 Å². The fourth-order valence-corrected chi connectivity index (χ4v) is 4.52.